The molecule has 1 atom stereocenters. The van der Waals surface area contributed by atoms with Crippen LogP contribution in [0.1, 0.15) is 33.1 Å². The van der Waals surface area contributed by atoms with Gasteiger partial charge in [0.1, 0.15) is 0 Å². The average Bonchev–Trinajstić information content (AvgIpc) is 2.69. The zero-order chi connectivity index (χ0) is 12.5. The number of rotatable bonds is 2. The Morgan fingerprint density at radius 2 is 2.00 bits per heavy atom. The van der Waals surface area contributed by atoms with Crippen molar-refractivity contribution in [3.63, 3.8) is 0 Å². The van der Waals surface area contributed by atoms with Gasteiger partial charge in [0.05, 0.1) is 10.1 Å². The van der Waals surface area contributed by atoms with E-state index in [0.717, 1.165) is 24.5 Å². The van der Waals surface area contributed by atoms with Gasteiger partial charge in [-0.15, -0.1) is 23.5 Å². The van der Waals surface area contributed by atoms with Gasteiger partial charge in [0.25, 0.3) is 0 Å². The number of carbonyl (C=O) groups is 2. The first-order valence-electron chi connectivity index (χ1n) is 6.16. The van der Waals surface area contributed by atoms with E-state index in [0.29, 0.717) is 6.42 Å². The van der Waals surface area contributed by atoms with Crippen molar-refractivity contribution in [1.82, 2.24) is 4.90 Å². The molecule has 2 aliphatic rings. The molecule has 2 heterocycles. The Balaban J connectivity index is 2.15. The van der Waals surface area contributed by atoms with E-state index >= 15 is 0 Å². The molecule has 0 aliphatic carbocycles. The largest absolute Gasteiger partial charge is 0.330 e. The highest BCUT2D eigenvalue weighted by Crippen LogP contribution is 2.50. The molecule has 3 nitrogen and oxygen atoms in total. The van der Waals surface area contributed by atoms with Gasteiger partial charge >= 0.3 is 0 Å². The summed E-state index contributed by atoms with van der Waals surface area (Å²) in [6.45, 7) is 4.22. The maximum Gasteiger partial charge on any atom is 0.222 e. The van der Waals surface area contributed by atoms with E-state index in [9.17, 15) is 9.59 Å². The Labute approximate surface area is 111 Å². The van der Waals surface area contributed by atoms with Crippen LogP contribution in [0.4, 0.5) is 0 Å². The van der Waals surface area contributed by atoms with E-state index in [4.69, 9.17) is 0 Å². The number of likely N-dealkylation sites (tertiary alicyclic amines) is 1. The van der Waals surface area contributed by atoms with Gasteiger partial charge in [-0.2, -0.15) is 0 Å². The third kappa shape index (κ3) is 2.65. The summed E-state index contributed by atoms with van der Waals surface area (Å²) in [4.78, 5) is 25.4. The zero-order valence-electron chi connectivity index (χ0n) is 10.4. The number of ketones is 1. The van der Waals surface area contributed by atoms with E-state index in [1.165, 1.54) is 6.42 Å². The fourth-order valence-corrected chi connectivity index (χ4v) is 5.84. The molecular weight excluding hydrogens is 254 g/mol. The monoisotopic (exact) mass is 273 g/mol. The van der Waals surface area contributed by atoms with Crippen molar-refractivity contribution in [2.75, 3.05) is 18.1 Å². The number of carbonyl (C=O) groups excluding carboxylic acids is 2. The van der Waals surface area contributed by atoms with E-state index in [1.54, 1.807) is 6.92 Å². The second kappa shape index (κ2) is 5.22. The van der Waals surface area contributed by atoms with Crippen molar-refractivity contribution in [3.8, 4) is 0 Å². The molecule has 0 aromatic carbocycles. The van der Waals surface area contributed by atoms with Gasteiger partial charge in [-0.1, -0.05) is 6.92 Å². The maximum atomic E-state index is 11.9. The lowest BCUT2D eigenvalue weighted by Gasteiger charge is -2.31. The van der Waals surface area contributed by atoms with Crippen LogP contribution in [0.25, 0.3) is 0 Å². The summed E-state index contributed by atoms with van der Waals surface area (Å²) < 4.78 is 0.0966. The van der Waals surface area contributed by atoms with Crippen LogP contribution in [-0.2, 0) is 9.59 Å². The number of thioether (sulfide) groups is 2. The lowest BCUT2D eigenvalue weighted by atomic mass is 10.1. The molecule has 5 heteroatoms. The van der Waals surface area contributed by atoms with Crippen molar-refractivity contribution in [2.45, 2.75) is 43.2 Å². The standard InChI is InChI=1S/C12H19NO2S2/c1-3-11(15)13-8-12(7-10(13)9(2)14)16-5-4-6-17-12/h10H,3-8H2,1-2H3. The van der Waals surface area contributed by atoms with Crippen LogP contribution in [0.2, 0.25) is 0 Å². The molecule has 1 unspecified atom stereocenters. The molecule has 0 N–H and O–H groups in total. The topological polar surface area (TPSA) is 37.4 Å². The summed E-state index contributed by atoms with van der Waals surface area (Å²) in [5.41, 5.74) is 0. The third-order valence-electron chi connectivity index (χ3n) is 3.40. The van der Waals surface area contributed by atoms with Crippen LogP contribution in [0.3, 0.4) is 0 Å². The molecule has 0 aromatic heterocycles. The lowest BCUT2D eigenvalue weighted by molar-refractivity contribution is -0.136. The van der Waals surface area contributed by atoms with Crippen molar-refractivity contribution < 1.29 is 9.59 Å². The normalized spacial score (nSPS) is 27.4. The van der Waals surface area contributed by atoms with Gasteiger partial charge in [0, 0.05) is 19.4 Å². The highest BCUT2D eigenvalue weighted by Gasteiger charge is 2.48. The lowest BCUT2D eigenvalue weighted by Crippen LogP contribution is -2.39. The molecule has 2 saturated heterocycles. The Morgan fingerprint density at radius 1 is 1.35 bits per heavy atom. The summed E-state index contributed by atoms with van der Waals surface area (Å²) in [5, 5.41) is 0. The number of nitrogens with zero attached hydrogens (tertiary/aromatic N) is 1. The zero-order valence-corrected chi connectivity index (χ0v) is 12.0. The Kier molecular flexibility index (Phi) is 4.08. The summed E-state index contributed by atoms with van der Waals surface area (Å²) >= 11 is 3.89. The Morgan fingerprint density at radius 3 is 2.53 bits per heavy atom. The minimum Gasteiger partial charge on any atom is -0.330 e. The summed E-state index contributed by atoms with van der Waals surface area (Å²) in [5.74, 6) is 2.57. The minimum absolute atomic E-state index is 0.0966. The van der Waals surface area contributed by atoms with Gasteiger partial charge < -0.3 is 4.90 Å². The molecule has 1 amide bonds. The summed E-state index contributed by atoms with van der Waals surface area (Å²) in [6, 6.07) is -0.180. The molecule has 1 spiro atoms. The maximum absolute atomic E-state index is 11.9. The smallest absolute Gasteiger partial charge is 0.222 e. The predicted octanol–water partition coefficient (Wildman–Crippen LogP) is 2.15. The number of hydrogen-bond donors (Lipinski definition) is 0. The van der Waals surface area contributed by atoms with Crippen molar-refractivity contribution in [3.05, 3.63) is 0 Å². The highest BCUT2D eigenvalue weighted by atomic mass is 32.2. The SMILES string of the molecule is CCC(=O)N1CC2(CC1C(C)=O)SCCCS2. The molecule has 2 fully saturated rings. The second-order valence-electron chi connectivity index (χ2n) is 4.67. The van der Waals surface area contributed by atoms with Crippen LogP contribution in [-0.4, -0.2) is 44.8 Å². The molecule has 2 aliphatic heterocycles. The summed E-state index contributed by atoms with van der Waals surface area (Å²) in [6.07, 6.45) is 2.57. The molecule has 17 heavy (non-hydrogen) atoms. The number of amides is 1. The quantitative estimate of drug-likeness (QED) is 0.772. The van der Waals surface area contributed by atoms with Crippen molar-refractivity contribution >= 4 is 35.2 Å². The molecule has 0 aromatic rings. The fourth-order valence-electron chi connectivity index (χ4n) is 2.49. The Bertz CT molecular complexity index is 326. The molecule has 0 saturated carbocycles. The van der Waals surface area contributed by atoms with Crippen molar-refractivity contribution in [1.29, 1.82) is 0 Å². The highest BCUT2D eigenvalue weighted by molar-refractivity contribution is 8.18. The van der Waals surface area contributed by atoms with Crippen molar-refractivity contribution in [2.24, 2.45) is 0 Å². The molecule has 0 radical (unpaired) electrons. The van der Waals surface area contributed by atoms with Gasteiger partial charge in [-0.25, -0.2) is 0 Å². The molecule has 0 bridgehead atoms. The van der Waals surface area contributed by atoms with Crippen LogP contribution in [0, 0.1) is 0 Å². The fraction of sp³-hybridized carbons (Fsp3) is 0.833. The van der Waals surface area contributed by atoms with E-state index in [-0.39, 0.29) is 21.8 Å². The molecular formula is C12H19NO2S2. The molecule has 96 valence electrons. The van der Waals surface area contributed by atoms with Gasteiger partial charge in [-0.3, -0.25) is 9.59 Å². The van der Waals surface area contributed by atoms with Crippen LogP contribution < -0.4 is 0 Å². The van der Waals surface area contributed by atoms with Crippen LogP contribution in [0.15, 0.2) is 0 Å². The Hall–Kier alpha value is -0.160. The number of Topliss-reactive ketones (excluding diaryl/α,β-unsaturated/α-hetero) is 1. The third-order valence-corrected chi connectivity index (χ3v) is 6.74. The van der Waals surface area contributed by atoms with Gasteiger partial charge in [-0.05, 0) is 24.9 Å². The first kappa shape index (κ1) is 13.3. The number of hydrogen-bond acceptors (Lipinski definition) is 4. The van der Waals surface area contributed by atoms with Crippen LogP contribution in [0.5, 0.6) is 0 Å². The second-order valence-corrected chi connectivity index (χ2v) is 7.88. The van der Waals surface area contributed by atoms with Crippen LogP contribution >= 0.6 is 23.5 Å². The summed E-state index contributed by atoms with van der Waals surface area (Å²) in [7, 11) is 0. The average molecular weight is 273 g/mol. The van der Waals surface area contributed by atoms with E-state index < -0.39 is 0 Å². The van der Waals surface area contributed by atoms with E-state index in [2.05, 4.69) is 0 Å². The predicted molar refractivity (Wildman–Crippen MR) is 73.4 cm³/mol. The van der Waals surface area contributed by atoms with Gasteiger partial charge in [0.2, 0.25) is 5.91 Å². The minimum atomic E-state index is -0.180. The van der Waals surface area contributed by atoms with E-state index in [1.807, 2.05) is 35.3 Å². The first-order valence-corrected chi connectivity index (χ1v) is 8.13. The first-order chi connectivity index (χ1) is 8.08. The molecule has 2 rings (SSSR count). The van der Waals surface area contributed by atoms with Gasteiger partial charge in [0.15, 0.2) is 5.78 Å².